The molecule has 1 saturated heterocycles. The zero-order valence-corrected chi connectivity index (χ0v) is 13.0. The Morgan fingerprint density at radius 1 is 0.957 bits per heavy atom. The summed E-state index contributed by atoms with van der Waals surface area (Å²) < 4.78 is 0. The zero-order valence-electron chi connectivity index (χ0n) is 13.0. The van der Waals surface area contributed by atoms with Crippen molar-refractivity contribution in [1.82, 2.24) is 4.90 Å². The third-order valence-electron chi connectivity index (χ3n) is 4.19. The first-order chi connectivity index (χ1) is 11.3. The van der Waals surface area contributed by atoms with E-state index in [-0.39, 0.29) is 5.91 Å². The number of nitrogens with zero attached hydrogens (tertiary/aromatic N) is 3. The normalized spacial score (nSPS) is 14.4. The molecule has 4 heteroatoms. The number of rotatable bonds is 3. The van der Waals surface area contributed by atoms with Gasteiger partial charge >= 0.3 is 0 Å². The van der Waals surface area contributed by atoms with E-state index in [1.165, 1.54) is 0 Å². The quantitative estimate of drug-likeness (QED) is 0.875. The molecule has 23 heavy (non-hydrogen) atoms. The van der Waals surface area contributed by atoms with E-state index in [0.717, 1.165) is 37.4 Å². The Hall–Kier alpha value is -2.80. The van der Waals surface area contributed by atoms with Crippen molar-refractivity contribution in [3.8, 4) is 6.07 Å². The van der Waals surface area contributed by atoms with E-state index in [1.54, 1.807) is 0 Å². The number of carbonyl (C=O) groups excluding carboxylic acids is 1. The lowest BCUT2D eigenvalue weighted by Crippen LogP contribution is -2.49. The van der Waals surface area contributed by atoms with E-state index in [4.69, 9.17) is 5.26 Å². The van der Waals surface area contributed by atoms with Crippen LogP contribution in [-0.2, 0) is 11.2 Å². The number of anilines is 1. The van der Waals surface area contributed by atoms with E-state index in [1.807, 2.05) is 59.5 Å². The van der Waals surface area contributed by atoms with Gasteiger partial charge in [0.1, 0.15) is 0 Å². The van der Waals surface area contributed by atoms with E-state index in [2.05, 4.69) is 11.0 Å². The van der Waals surface area contributed by atoms with Crippen LogP contribution in [0.25, 0.3) is 0 Å². The van der Waals surface area contributed by atoms with Crippen molar-refractivity contribution >= 4 is 11.6 Å². The van der Waals surface area contributed by atoms with Crippen LogP contribution < -0.4 is 4.90 Å². The van der Waals surface area contributed by atoms with Gasteiger partial charge in [0.15, 0.2) is 0 Å². The van der Waals surface area contributed by atoms with Gasteiger partial charge in [0.2, 0.25) is 5.91 Å². The van der Waals surface area contributed by atoms with Crippen LogP contribution in [0.1, 0.15) is 11.1 Å². The molecule has 0 bridgehead atoms. The van der Waals surface area contributed by atoms with Gasteiger partial charge in [-0.05, 0) is 29.8 Å². The maximum absolute atomic E-state index is 12.4. The summed E-state index contributed by atoms with van der Waals surface area (Å²) >= 11 is 0. The van der Waals surface area contributed by atoms with Gasteiger partial charge in [0.05, 0.1) is 18.1 Å². The maximum atomic E-state index is 12.4. The molecule has 0 aliphatic carbocycles. The third-order valence-corrected chi connectivity index (χ3v) is 4.19. The lowest BCUT2D eigenvalue weighted by molar-refractivity contribution is -0.130. The van der Waals surface area contributed by atoms with Crippen molar-refractivity contribution in [2.45, 2.75) is 6.42 Å². The Bertz CT molecular complexity index is 696. The lowest BCUT2D eigenvalue weighted by Gasteiger charge is -2.36. The molecule has 116 valence electrons. The summed E-state index contributed by atoms with van der Waals surface area (Å²) in [6, 6.07) is 19.6. The number of piperazine rings is 1. The van der Waals surface area contributed by atoms with Crippen LogP contribution in [0.15, 0.2) is 54.6 Å². The fraction of sp³-hybridized carbons (Fsp3) is 0.263. The van der Waals surface area contributed by atoms with Crippen molar-refractivity contribution in [3.05, 3.63) is 65.7 Å². The molecule has 1 fully saturated rings. The smallest absolute Gasteiger partial charge is 0.227 e. The summed E-state index contributed by atoms with van der Waals surface area (Å²) in [6.45, 7) is 3.14. The summed E-state index contributed by atoms with van der Waals surface area (Å²) in [7, 11) is 0. The predicted molar refractivity (Wildman–Crippen MR) is 90.1 cm³/mol. The van der Waals surface area contributed by atoms with Gasteiger partial charge in [-0.2, -0.15) is 5.26 Å². The van der Waals surface area contributed by atoms with Crippen molar-refractivity contribution < 1.29 is 4.79 Å². The highest BCUT2D eigenvalue weighted by Crippen LogP contribution is 2.17. The number of hydrogen-bond donors (Lipinski definition) is 0. The van der Waals surface area contributed by atoms with Crippen molar-refractivity contribution in [2.24, 2.45) is 0 Å². The molecule has 2 aromatic carbocycles. The first-order valence-corrected chi connectivity index (χ1v) is 7.83. The summed E-state index contributed by atoms with van der Waals surface area (Å²) in [5, 5.41) is 8.85. The average Bonchev–Trinajstić information content (AvgIpc) is 2.63. The highest BCUT2D eigenvalue weighted by atomic mass is 16.2. The molecule has 1 aliphatic rings. The average molecular weight is 305 g/mol. The molecule has 4 nitrogen and oxygen atoms in total. The molecule has 1 aliphatic heterocycles. The molecule has 0 spiro atoms. The number of nitriles is 1. The summed E-state index contributed by atoms with van der Waals surface area (Å²) in [4.78, 5) is 16.6. The van der Waals surface area contributed by atoms with Crippen LogP contribution in [0.3, 0.4) is 0 Å². The number of amides is 1. The van der Waals surface area contributed by atoms with E-state index in [9.17, 15) is 4.79 Å². The van der Waals surface area contributed by atoms with Crippen molar-refractivity contribution in [2.75, 3.05) is 31.1 Å². The van der Waals surface area contributed by atoms with Gasteiger partial charge in [-0.25, -0.2) is 0 Å². The Labute approximate surface area is 136 Å². The second-order valence-electron chi connectivity index (χ2n) is 5.69. The summed E-state index contributed by atoms with van der Waals surface area (Å²) in [5.41, 5.74) is 2.84. The lowest BCUT2D eigenvalue weighted by atomic mass is 10.1. The fourth-order valence-corrected chi connectivity index (χ4v) is 2.84. The third kappa shape index (κ3) is 3.70. The summed E-state index contributed by atoms with van der Waals surface area (Å²) in [5.74, 6) is 0.190. The van der Waals surface area contributed by atoms with Crippen LogP contribution in [-0.4, -0.2) is 37.0 Å². The van der Waals surface area contributed by atoms with Gasteiger partial charge in [-0.1, -0.05) is 30.3 Å². The van der Waals surface area contributed by atoms with Gasteiger partial charge in [0.25, 0.3) is 0 Å². The molecule has 0 aromatic heterocycles. The van der Waals surface area contributed by atoms with Crippen LogP contribution in [0.4, 0.5) is 5.69 Å². The van der Waals surface area contributed by atoms with Gasteiger partial charge < -0.3 is 9.80 Å². The molecule has 1 amide bonds. The van der Waals surface area contributed by atoms with E-state index >= 15 is 0 Å². The molecule has 2 aromatic rings. The number of hydrogen-bond acceptors (Lipinski definition) is 3. The molecular formula is C19H19N3O. The Morgan fingerprint density at radius 2 is 1.61 bits per heavy atom. The summed E-state index contributed by atoms with van der Waals surface area (Å²) in [6.07, 6.45) is 0.470. The largest absolute Gasteiger partial charge is 0.368 e. The second kappa shape index (κ2) is 6.97. The van der Waals surface area contributed by atoms with E-state index < -0.39 is 0 Å². The fourth-order valence-electron chi connectivity index (χ4n) is 2.84. The molecule has 0 N–H and O–H groups in total. The standard InChI is InChI=1S/C19H19N3O/c20-15-17-6-8-18(9-7-17)21-10-12-22(13-11-21)19(23)14-16-4-2-1-3-5-16/h1-9H,10-14H2. The Morgan fingerprint density at radius 3 is 2.22 bits per heavy atom. The Balaban J connectivity index is 1.55. The Kier molecular flexibility index (Phi) is 4.58. The number of carbonyl (C=O) groups is 1. The van der Waals surface area contributed by atoms with Crippen molar-refractivity contribution in [1.29, 1.82) is 5.26 Å². The minimum Gasteiger partial charge on any atom is -0.368 e. The molecule has 1 heterocycles. The minimum atomic E-state index is 0.190. The van der Waals surface area contributed by atoms with Gasteiger partial charge in [-0.3, -0.25) is 4.79 Å². The predicted octanol–water partition coefficient (Wildman–Crippen LogP) is 2.45. The van der Waals surface area contributed by atoms with Gasteiger partial charge in [0, 0.05) is 31.9 Å². The highest BCUT2D eigenvalue weighted by Gasteiger charge is 2.21. The molecular weight excluding hydrogens is 286 g/mol. The van der Waals surface area contributed by atoms with Crippen LogP contribution in [0.2, 0.25) is 0 Å². The number of benzene rings is 2. The minimum absolute atomic E-state index is 0.190. The molecule has 0 unspecified atom stereocenters. The molecule has 0 saturated carbocycles. The molecule has 0 atom stereocenters. The SMILES string of the molecule is N#Cc1ccc(N2CCN(C(=O)Cc3ccccc3)CC2)cc1. The van der Waals surface area contributed by atoms with Crippen molar-refractivity contribution in [3.63, 3.8) is 0 Å². The molecule has 3 rings (SSSR count). The first kappa shape index (κ1) is 15.1. The highest BCUT2D eigenvalue weighted by molar-refractivity contribution is 5.79. The van der Waals surface area contributed by atoms with Crippen LogP contribution in [0.5, 0.6) is 0 Å². The maximum Gasteiger partial charge on any atom is 0.227 e. The van der Waals surface area contributed by atoms with Crippen LogP contribution >= 0.6 is 0 Å². The monoisotopic (exact) mass is 305 g/mol. The topological polar surface area (TPSA) is 47.3 Å². The van der Waals surface area contributed by atoms with Gasteiger partial charge in [-0.15, -0.1) is 0 Å². The van der Waals surface area contributed by atoms with E-state index in [0.29, 0.717) is 12.0 Å². The first-order valence-electron chi connectivity index (χ1n) is 7.83. The van der Waals surface area contributed by atoms with Crippen LogP contribution in [0, 0.1) is 11.3 Å². The zero-order chi connectivity index (χ0) is 16.1. The second-order valence-corrected chi connectivity index (χ2v) is 5.69. The molecule has 0 radical (unpaired) electrons.